The van der Waals surface area contributed by atoms with Crippen molar-refractivity contribution in [3.05, 3.63) is 64.7 Å². The van der Waals surface area contributed by atoms with Gasteiger partial charge in [-0.15, -0.1) is 0 Å². The summed E-state index contributed by atoms with van der Waals surface area (Å²) in [4.78, 5) is 24.9. The van der Waals surface area contributed by atoms with E-state index in [-0.39, 0.29) is 18.8 Å². The molecule has 0 aliphatic heterocycles. The molecular formula is C18H16ClF3N2O2. The van der Waals surface area contributed by atoms with Crippen molar-refractivity contribution in [3.8, 4) is 0 Å². The second-order valence-electron chi connectivity index (χ2n) is 5.56. The molecule has 0 heterocycles. The van der Waals surface area contributed by atoms with Gasteiger partial charge in [-0.05, 0) is 35.9 Å². The molecule has 138 valence electrons. The normalized spacial score (nSPS) is 11.1. The molecule has 8 heteroatoms. The Labute approximate surface area is 153 Å². The van der Waals surface area contributed by atoms with Crippen LogP contribution in [0.2, 0.25) is 5.02 Å². The summed E-state index contributed by atoms with van der Waals surface area (Å²) in [5, 5.41) is 3.18. The zero-order chi connectivity index (χ0) is 19.3. The molecule has 0 saturated heterocycles. The van der Waals surface area contributed by atoms with E-state index in [1.54, 1.807) is 24.3 Å². The first-order valence-electron chi connectivity index (χ1n) is 7.63. The highest BCUT2D eigenvalue weighted by atomic mass is 35.5. The van der Waals surface area contributed by atoms with Crippen LogP contribution in [0.15, 0.2) is 48.5 Å². The number of nitrogens with zero attached hydrogens (tertiary/aromatic N) is 1. The van der Waals surface area contributed by atoms with E-state index < -0.39 is 23.6 Å². The summed E-state index contributed by atoms with van der Waals surface area (Å²) in [6.45, 7) is 1.02. The van der Waals surface area contributed by atoms with Crippen molar-refractivity contribution >= 4 is 29.1 Å². The molecule has 0 unspecified atom stereocenters. The number of alkyl halides is 3. The maximum absolute atomic E-state index is 12.8. The van der Waals surface area contributed by atoms with E-state index in [2.05, 4.69) is 5.32 Å². The molecule has 0 aliphatic carbocycles. The first-order valence-corrected chi connectivity index (χ1v) is 8.01. The molecule has 0 spiro atoms. The molecule has 4 nitrogen and oxygen atoms in total. The van der Waals surface area contributed by atoms with Crippen molar-refractivity contribution in [1.82, 2.24) is 5.32 Å². The number of benzene rings is 2. The first-order chi connectivity index (χ1) is 12.2. The average Bonchev–Trinajstić information content (AvgIpc) is 2.58. The summed E-state index contributed by atoms with van der Waals surface area (Å²) in [7, 11) is 0. The highest BCUT2D eigenvalue weighted by Crippen LogP contribution is 2.31. The summed E-state index contributed by atoms with van der Waals surface area (Å²) in [6, 6.07) is 11.1. The van der Waals surface area contributed by atoms with Crippen molar-refractivity contribution in [2.75, 3.05) is 11.4 Å². The molecule has 0 bridgehead atoms. The zero-order valence-corrected chi connectivity index (χ0v) is 14.6. The fourth-order valence-electron chi connectivity index (χ4n) is 2.24. The van der Waals surface area contributed by atoms with Crippen LogP contribution in [0, 0.1) is 0 Å². The third-order valence-corrected chi connectivity index (χ3v) is 3.82. The van der Waals surface area contributed by atoms with Crippen molar-refractivity contribution in [2.24, 2.45) is 0 Å². The van der Waals surface area contributed by atoms with Crippen LogP contribution in [-0.2, 0) is 22.3 Å². The smallest absolute Gasteiger partial charge is 0.350 e. The Kier molecular flexibility index (Phi) is 6.26. The Hall–Kier alpha value is -2.54. The van der Waals surface area contributed by atoms with Crippen LogP contribution in [0.25, 0.3) is 0 Å². The van der Waals surface area contributed by atoms with Crippen LogP contribution in [0.5, 0.6) is 0 Å². The monoisotopic (exact) mass is 384 g/mol. The van der Waals surface area contributed by atoms with Gasteiger partial charge < -0.3 is 10.2 Å². The standard InChI is InChI=1S/C18H16ClF3N2O2/c1-12(25)24(16-4-2-3-14(9-16)18(20,21)22)11-17(26)23-10-13-5-7-15(19)8-6-13/h2-9H,10-11H2,1H3,(H,23,26). The number of amides is 2. The molecule has 0 aromatic heterocycles. The SMILES string of the molecule is CC(=O)N(CC(=O)NCc1ccc(Cl)cc1)c1cccc(C(F)(F)F)c1. The molecule has 2 amide bonds. The molecule has 0 saturated carbocycles. The van der Waals surface area contributed by atoms with Crippen molar-refractivity contribution in [3.63, 3.8) is 0 Å². The van der Waals surface area contributed by atoms with E-state index in [1.807, 2.05) is 0 Å². The van der Waals surface area contributed by atoms with Gasteiger partial charge in [0.1, 0.15) is 6.54 Å². The van der Waals surface area contributed by atoms with Gasteiger partial charge in [0.05, 0.1) is 5.56 Å². The zero-order valence-electron chi connectivity index (χ0n) is 13.8. The van der Waals surface area contributed by atoms with E-state index >= 15 is 0 Å². The lowest BCUT2D eigenvalue weighted by Crippen LogP contribution is -2.39. The summed E-state index contributed by atoms with van der Waals surface area (Å²) in [6.07, 6.45) is -4.53. The van der Waals surface area contributed by atoms with Gasteiger partial charge >= 0.3 is 6.18 Å². The molecule has 2 rings (SSSR count). The fraction of sp³-hybridized carbons (Fsp3) is 0.222. The number of hydrogen-bond donors (Lipinski definition) is 1. The highest BCUT2D eigenvalue weighted by Gasteiger charge is 2.31. The Morgan fingerprint density at radius 1 is 1.12 bits per heavy atom. The minimum Gasteiger partial charge on any atom is -0.350 e. The Morgan fingerprint density at radius 2 is 1.77 bits per heavy atom. The van der Waals surface area contributed by atoms with Crippen molar-refractivity contribution in [2.45, 2.75) is 19.6 Å². The van der Waals surface area contributed by atoms with Crippen LogP contribution >= 0.6 is 11.6 Å². The van der Waals surface area contributed by atoms with Crippen LogP contribution in [0.4, 0.5) is 18.9 Å². The summed E-state index contributed by atoms with van der Waals surface area (Å²) in [5.41, 5.74) is -0.0759. The van der Waals surface area contributed by atoms with Gasteiger partial charge in [-0.1, -0.05) is 29.8 Å². The molecule has 0 radical (unpaired) electrons. The summed E-state index contributed by atoms with van der Waals surface area (Å²) < 4.78 is 38.5. The van der Waals surface area contributed by atoms with Crippen molar-refractivity contribution < 1.29 is 22.8 Å². The number of carbonyl (C=O) groups is 2. The van der Waals surface area contributed by atoms with Crippen LogP contribution in [0.1, 0.15) is 18.1 Å². The van der Waals surface area contributed by atoms with E-state index in [4.69, 9.17) is 11.6 Å². The predicted molar refractivity (Wildman–Crippen MR) is 92.8 cm³/mol. The molecule has 0 atom stereocenters. The van der Waals surface area contributed by atoms with Gasteiger partial charge in [-0.25, -0.2) is 0 Å². The molecular weight excluding hydrogens is 369 g/mol. The molecule has 0 aliphatic rings. The maximum Gasteiger partial charge on any atom is 0.416 e. The molecule has 1 N–H and O–H groups in total. The van der Waals surface area contributed by atoms with Crippen molar-refractivity contribution in [1.29, 1.82) is 0 Å². The number of halogens is 4. The third kappa shape index (κ3) is 5.49. The lowest BCUT2D eigenvalue weighted by molar-refractivity contribution is -0.137. The highest BCUT2D eigenvalue weighted by molar-refractivity contribution is 6.30. The van der Waals surface area contributed by atoms with E-state index in [0.29, 0.717) is 5.02 Å². The molecule has 2 aromatic rings. The Balaban J connectivity index is 2.07. The summed E-state index contributed by atoms with van der Waals surface area (Å²) >= 11 is 5.78. The van der Waals surface area contributed by atoms with Crippen LogP contribution < -0.4 is 10.2 Å². The lowest BCUT2D eigenvalue weighted by atomic mass is 10.1. The minimum atomic E-state index is -4.53. The number of nitrogens with one attached hydrogen (secondary N) is 1. The maximum atomic E-state index is 12.8. The van der Waals surface area contributed by atoms with Gasteiger partial charge in [-0.3, -0.25) is 9.59 Å². The fourth-order valence-corrected chi connectivity index (χ4v) is 2.36. The van der Waals surface area contributed by atoms with Gasteiger partial charge in [0.25, 0.3) is 0 Å². The molecule has 2 aromatic carbocycles. The van der Waals surface area contributed by atoms with Crippen LogP contribution in [0.3, 0.4) is 0 Å². The second-order valence-corrected chi connectivity index (χ2v) is 5.99. The molecule has 0 fully saturated rings. The average molecular weight is 385 g/mol. The number of hydrogen-bond acceptors (Lipinski definition) is 2. The van der Waals surface area contributed by atoms with Gasteiger partial charge in [0, 0.05) is 24.2 Å². The van der Waals surface area contributed by atoms with Gasteiger partial charge in [0.2, 0.25) is 11.8 Å². The lowest BCUT2D eigenvalue weighted by Gasteiger charge is -2.21. The largest absolute Gasteiger partial charge is 0.416 e. The number of carbonyl (C=O) groups excluding carboxylic acids is 2. The molecule has 26 heavy (non-hydrogen) atoms. The van der Waals surface area contributed by atoms with Crippen LogP contribution in [-0.4, -0.2) is 18.4 Å². The van der Waals surface area contributed by atoms with Gasteiger partial charge in [-0.2, -0.15) is 13.2 Å². The Morgan fingerprint density at radius 3 is 2.35 bits per heavy atom. The predicted octanol–water partition coefficient (Wildman–Crippen LogP) is 4.03. The minimum absolute atomic E-state index is 0.00830. The Bertz CT molecular complexity index is 792. The summed E-state index contributed by atoms with van der Waals surface area (Å²) in [5.74, 6) is -1.03. The van der Waals surface area contributed by atoms with E-state index in [0.717, 1.165) is 22.6 Å². The second kappa shape index (κ2) is 8.23. The quantitative estimate of drug-likeness (QED) is 0.846. The topological polar surface area (TPSA) is 49.4 Å². The number of anilines is 1. The van der Waals surface area contributed by atoms with Gasteiger partial charge in [0.15, 0.2) is 0 Å². The number of rotatable bonds is 5. The first kappa shape index (κ1) is 19.8. The van der Waals surface area contributed by atoms with E-state index in [1.165, 1.54) is 19.1 Å². The third-order valence-electron chi connectivity index (χ3n) is 3.57. The van der Waals surface area contributed by atoms with E-state index in [9.17, 15) is 22.8 Å².